The Morgan fingerprint density at radius 1 is 0.302 bits per heavy atom. The van der Waals surface area contributed by atoms with Crippen LogP contribution in [0.3, 0.4) is 0 Å². The summed E-state index contributed by atoms with van der Waals surface area (Å²) in [6, 6.07) is 69.2. The summed E-state index contributed by atoms with van der Waals surface area (Å²) in [5, 5.41) is 3.63. The lowest BCUT2D eigenvalue weighted by atomic mass is 9.97. The Hall–Kier alpha value is -6.68. The standard InChI is InChI=1S/C50H32N2S/c1-3-13-33(14-4-1)36-18-9-20-38(29-36)40-22-11-24-42(31-40)46-49-47(45-28-27-35-17-7-8-26-44(35)48(45)53-49)52-50(51-46)43-25-12-23-41(32-43)39-21-10-19-37(30-39)34-15-5-2-6-16-34/h1-32H. The van der Waals surface area contributed by atoms with Crippen molar-refractivity contribution in [3.8, 4) is 67.2 Å². The van der Waals surface area contributed by atoms with Gasteiger partial charge in [0.1, 0.15) is 0 Å². The van der Waals surface area contributed by atoms with Crippen molar-refractivity contribution in [3.63, 3.8) is 0 Å². The average molecular weight is 693 g/mol. The van der Waals surface area contributed by atoms with Crippen LogP contribution in [-0.2, 0) is 0 Å². The van der Waals surface area contributed by atoms with E-state index in [-0.39, 0.29) is 0 Å². The number of hydrogen-bond acceptors (Lipinski definition) is 3. The summed E-state index contributed by atoms with van der Waals surface area (Å²) in [4.78, 5) is 10.8. The first-order chi connectivity index (χ1) is 26.2. The van der Waals surface area contributed by atoms with E-state index in [0.717, 1.165) is 54.9 Å². The molecule has 0 saturated carbocycles. The fraction of sp³-hybridized carbons (Fsp3) is 0. The average Bonchev–Trinajstić information content (AvgIpc) is 3.63. The Morgan fingerprint density at radius 2 is 0.755 bits per heavy atom. The molecule has 2 nitrogen and oxygen atoms in total. The van der Waals surface area contributed by atoms with Crippen molar-refractivity contribution in [1.82, 2.24) is 9.97 Å². The highest BCUT2D eigenvalue weighted by Crippen LogP contribution is 2.43. The second kappa shape index (κ2) is 13.1. The highest BCUT2D eigenvalue weighted by molar-refractivity contribution is 7.27. The molecule has 2 heterocycles. The van der Waals surface area contributed by atoms with Crippen LogP contribution in [0.4, 0.5) is 0 Å². The smallest absolute Gasteiger partial charge is 0.160 e. The summed E-state index contributed by atoms with van der Waals surface area (Å²) in [6.07, 6.45) is 0. The maximum Gasteiger partial charge on any atom is 0.160 e. The first-order valence-electron chi connectivity index (χ1n) is 17.9. The van der Waals surface area contributed by atoms with Crippen LogP contribution in [0, 0.1) is 0 Å². The molecule has 10 aromatic rings. The van der Waals surface area contributed by atoms with E-state index in [2.05, 4.69) is 194 Å². The molecule has 0 saturated heterocycles. The fourth-order valence-electron chi connectivity index (χ4n) is 7.40. The predicted molar refractivity (Wildman–Crippen MR) is 225 cm³/mol. The number of hydrogen-bond donors (Lipinski definition) is 0. The lowest BCUT2D eigenvalue weighted by Crippen LogP contribution is -1.94. The van der Waals surface area contributed by atoms with Gasteiger partial charge in [-0.3, -0.25) is 0 Å². The molecule has 53 heavy (non-hydrogen) atoms. The van der Waals surface area contributed by atoms with E-state index in [1.807, 2.05) is 0 Å². The maximum atomic E-state index is 5.42. The van der Waals surface area contributed by atoms with Crippen molar-refractivity contribution < 1.29 is 0 Å². The summed E-state index contributed by atoms with van der Waals surface area (Å²) in [5.74, 6) is 0.720. The third-order valence-electron chi connectivity index (χ3n) is 10.1. The summed E-state index contributed by atoms with van der Waals surface area (Å²) < 4.78 is 2.34. The van der Waals surface area contributed by atoms with Gasteiger partial charge in [-0.2, -0.15) is 0 Å². The third-order valence-corrected chi connectivity index (χ3v) is 11.3. The summed E-state index contributed by atoms with van der Waals surface area (Å²) in [6.45, 7) is 0. The molecule has 8 aromatic carbocycles. The van der Waals surface area contributed by atoms with Gasteiger partial charge in [0.25, 0.3) is 0 Å². The van der Waals surface area contributed by atoms with Gasteiger partial charge in [0, 0.05) is 21.2 Å². The lowest BCUT2D eigenvalue weighted by Gasteiger charge is -2.11. The number of fused-ring (bicyclic) bond motifs is 5. The molecule has 0 amide bonds. The summed E-state index contributed by atoms with van der Waals surface area (Å²) in [5.41, 5.74) is 13.4. The van der Waals surface area contributed by atoms with Crippen molar-refractivity contribution in [2.75, 3.05) is 0 Å². The number of benzene rings is 8. The van der Waals surface area contributed by atoms with Crippen LogP contribution in [0.25, 0.3) is 98.2 Å². The van der Waals surface area contributed by atoms with E-state index in [1.54, 1.807) is 11.3 Å². The molecular weight excluding hydrogens is 661 g/mol. The van der Waals surface area contributed by atoms with E-state index < -0.39 is 0 Å². The zero-order valence-electron chi connectivity index (χ0n) is 28.8. The summed E-state index contributed by atoms with van der Waals surface area (Å²) >= 11 is 1.79. The molecule has 0 aliphatic rings. The second-order valence-electron chi connectivity index (χ2n) is 13.4. The second-order valence-corrected chi connectivity index (χ2v) is 14.4. The minimum atomic E-state index is 0.720. The van der Waals surface area contributed by atoms with Crippen molar-refractivity contribution in [2.24, 2.45) is 0 Å². The molecular formula is C50H32N2S. The van der Waals surface area contributed by atoms with Crippen molar-refractivity contribution >= 4 is 42.4 Å². The van der Waals surface area contributed by atoms with E-state index in [1.165, 1.54) is 43.3 Å². The van der Waals surface area contributed by atoms with Crippen LogP contribution in [0.5, 0.6) is 0 Å². The summed E-state index contributed by atoms with van der Waals surface area (Å²) in [7, 11) is 0. The van der Waals surface area contributed by atoms with Crippen LogP contribution >= 0.6 is 11.3 Å². The van der Waals surface area contributed by atoms with Crippen LogP contribution in [0.2, 0.25) is 0 Å². The van der Waals surface area contributed by atoms with Gasteiger partial charge in [0.2, 0.25) is 0 Å². The van der Waals surface area contributed by atoms with Crippen molar-refractivity contribution in [1.29, 1.82) is 0 Å². The Balaban J connectivity index is 1.14. The molecule has 0 spiro atoms. The van der Waals surface area contributed by atoms with Crippen LogP contribution in [0.1, 0.15) is 0 Å². The molecule has 0 atom stereocenters. The van der Waals surface area contributed by atoms with E-state index in [0.29, 0.717) is 0 Å². The van der Waals surface area contributed by atoms with E-state index >= 15 is 0 Å². The molecule has 0 unspecified atom stereocenters. The molecule has 0 fully saturated rings. The molecule has 10 rings (SSSR count). The molecule has 248 valence electrons. The SMILES string of the molecule is c1ccc(-c2cccc(-c3cccc(-c4nc(-c5cccc(-c6cccc(-c7ccccc7)c6)c5)c5sc6c7ccccc7ccc6c5n4)c3)c2)cc1. The Kier molecular flexibility index (Phi) is 7.71. The van der Waals surface area contributed by atoms with Crippen LogP contribution in [-0.4, -0.2) is 9.97 Å². The number of thiophene rings is 1. The minimum absolute atomic E-state index is 0.720. The topological polar surface area (TPSA) is 25.8 Å². The molecule has 2 aromatic heterocycles. The van der Waals surface area contributed by atoms with Gasteiger partial charge < -0.3 is 0 Å². The van der Waals surface area contributed by atoms with Gasteiger partial charge in [0.05, 0.1) is 15.9 Å². The third kappa shape index (κ3) is 5.78. The number of rotatable bonds is 6. The van der Waals surface area contributed by atoms with E-state index in [4.69, 9.17) is 9.97 Å². The molecule has 0 N–H and O–H groups in total. The first-order valence-corrected chi connectivity index (χ1v) is 18.7. The van der Waals surface area contributed by atoms with Gasteiger partial charge in [-0.1, -0.05) is 170 Å². The number of aromatic nitrogens is 2. The van der Waals surface area contributed by atoms with Crippen molar-refractivity contribution in [2.45, 2.75) is 0 Å². The Morgan fingerprint density at radius 3 is 1.36 bits per heavy atom. The van der Waals surface area contributed by atoms with Gasteiger partial charge in [-0.15, -0.1) is 11.3 Å². The molecule has 0 aliphatic carbocycles. The van der Waals surface area contributed by atoms with Gasteiger partial charge in [0.15, 0.2) is 5.82 Å². The largest absolute Gasteiger partial charge is 0.226 e. The zero-order valence-corrected chi connectivity index (χ0v) is 29.6. The lowest BCUT2D eigenvalue weighted by molar-refractivity contribution is 1.24. The first kappa shape index (κ1) is 31.1. The molecule has 0 radical (unpaired) electrons. The van der Waals surface area contributed by atoms with Gasteiger partial charge in [-0.25, -0.2) is 9.97 Å². The quantitative estimate of drug-likeness (QED) is 0.173. The van der Waals surface area contributed by atoms with Crippen LogP contribution < -0.4 is 0 Å². The molecule has 0 aliphatic heterocycles. The van der Waals surface area contributed by atoms with Crippen molar-refractivity contribution in [3.05, 3.63) is 194 Å². The number of nitrogens with zero attached hydrogens (tertiary/aromatic N) is 2. The monoisotopic (exact) mass is 692 g/mol. The Bertz CT molecular complexity index is 2950. The van der Waals surface area contributed by atoms with Gasteiger partial charge >= 0.3 is 0 Å². The highest BCUT2D eigenvalue weighted by Gasteiger charge is 2.19. The molecule has 0 bridgehead atoms. The molecule has 3 heteroatoms. The fourth-order valence-corrected chi connectivity index (χ4v) is 8.68. The zero-order chi connectivity index (χ0) is 35.1. The van der Waals surface area contributed by atoms with Crippen LogP contribution in [0.15, 0.2) is 194 Å². The van der Waals surface area contributed by atoms with Gasteiger partial charge in [-0.05, 0) is 79.5 Å². The predicted octanol–water partition coefficient (Wildman–Crippen LogP) is 14.0. The Labute approximate surface area is 312 Å². The minimum Gasteiger partial charge on any atom is -0.226 e. The normalized spacial score (nSPS) is 11.4. The highest BCUT2D eigenvalue weighted by atomic mass is 32.1. The van der Waals surface area contributed by atoms with E-state index in [9.17, 15) is 0 Å². The maximum absolute atomic E-state index is 5.42.